The molecule has 4 nitrogen and oxygen atoms in total. The maximum Gasteiger partial charge on any atom is 0.162 e. The average molecular weight is 317 g/mol. The summed E-state index contributed by atoms with van der Waals surface area (Å²) in [4.78, 5) is 7.85. The lowest BCUT2D eigenvalue weighted by molar-refractivity contribution is 0.294. The molecule has 0 fully saturated rings. The van der Waals surface area contributed by atoms with Gasteiger partial charge in [0.2, 0.25) is 0 Å². The van der Waals surface area contributed by atoms with Crippen molar-refractivity contribution >= 4 is 22.6 Å². The van der Waals surface area contributed by atoms with Crippen molar-refractivity contribution in [3.8, 4) is 22.9 Å². The number of ether oxygens (including phenoxy) is 2. The van der Waals surface area contributed by atoms with Crippen LogP contribution in [0.15, 0.2) is 36.4 Å². The van der Waals surface area contributed by atoms with E-state index in [0.717, 1.165) is 23.0 Å². The van der Waals surface area contributed by atoms with Gasteiger partial charge in [-0.15, -0.1) is 0 Å². The number of benzene rings is 2. The highest BCUT2D eigenvalue weighted by atomic mass is 35.5. The molecule has 5 heteroatoms. The summed E-state index contributed by atoms with van der Waals surface area (Å²) in [6.07, 6.45) is 0.923. The van der Waals surface area contributed by atoms with Crippen LogP contribution in [0.3, 0.4) is 0 Å². The number of rotatable bonds is 5. The molecule has 22 heavy (non-hydrogen) atoms. The summed E-state index contributed by atoms with van der Waals surface area (Å²) in [5, 5.41) is 0.575. The molecule has 0 aliphatic heterocycles. The van der Waals surface area contributed by atoms with E-state index >= 15 is 0 Å². The monoisotopic (exact) mass is 316 g/mol. The van der Waals surface area contributed by atoms with Crippen molar-refractivity contribution in [3.63, 3.8) is 0 Å². The number of aromatic amines is 1. The van der Waals surface area contributed by atoms with Gasteiger partial charge in [0, 0.05) is 11.6 Å². The number of nitrogens with zero attached hydrogens (tertiary/aromatic N) is 1. The van der Waals surface area contributed by atoms with E-state index in [1.165, 1.54) is 0 Å². The van der Waals surface area contributed by atoms with Gasteiger partial charge < -0.3 is 14.5 Å². The van der Waals surface area contributed by atoms with Gasteiger partial charge in [-0.05, 0) is 24.6 Å². The Morgan fingerprint density at radius 1 is 1.18 bits per heavy atom. The molecule has 0 aliphatic rings. The highest BCUT2D eigenvalue weighted by Crippen LogP contribution is 2.38. The molecule has 114 valence electrons. The number of hydrogen-bond acceptors (Lipinski definition) is 3. The lowest BCUT2D eigenvalue weighted by Crippen LogP contribution is -1.98. The summed E-state index contributed by atoms with van der Waals surface area (Å²) in [6.45, 7) is 2.67. The van der Waals surface area contributed by atoms with Crippen LogP contribution in [0.1, 0.15) is 13.3 Å². The smallest absolute Gasteiger partial charge is 0.162 e. The van der Waals surface area contributed by atoms with Crippen LogP contribution >= 0.6 is 11.6 Å². The van der Waals surface area contributed by atoms with Crippen molar-refractivity contribution in [1.29, 1.82) is 0 Å². The van der Waals surface area contributed by atoms with Crippen molar-refractivity contribution in [1.82, 2.24) is 9.97 Å². The Hall–Kier alpha value is -2.20. The fraction of sp³-hybridized carbons (Fsp3) is 0.235. The lowest BCUT2D eigenvalue weighted by Gasteiger charge is -2.12. The topological polar surface area (TPSA) is 47.1 Å². The molecule has 0 spiro atoms. The third kappa shape index (κ3) is 2.74. The number of nitrogens with one attached hydrogen (secondary N) is 1. The number of fused-ring (bicyclic) bond motifs is 1. The van der Waals surface area contributed by atoms with Gasteiger partial charge in [-0.1, -0.05) is 30.7 Å². The minimum Gasteiger partial charge on any atom is -0.493 e. The van der Waals surface area contributed by atoms with Crippen LogP contribution in [-0.4, -0.2) is 23.7 Å². The molecule has 3 aromatic rings. The van der Waals surface area contributed by atoms with Crippen LogP contribution in [0.25, 0.3) is 22.4 Å². The molecule has 0 aliphatic carbocycles. The van der Waals surface area contributed by atoms with Crippen LogP contribution < -0.4 is 9.47 Å². The van der Waals surface area contributed by atoms with E-state index in [1.54, 1.807) is 13.2 Å². The van der Waals surface area contributed by atoms with Gasteiger partial charge in [0.15, 0.2) is 11.5 Å². The van der Waals surface area contributed by atoms with E-state index in [-0.39, 0.29) is 0 Å². The third-order valence-corrected chi connectivity index (χ3v) is 3.67. The Bertz CT molecular complexity index is 765. The number of H-pyrrole nitrogens is 1. The van der Waals surface area contributed by atoms with Gasteiger partial charge in [0.05, 0.1) is 29.8 Å². The Labute approximate surface area is 134 Å². The molecule has 0 saturated carbocycles. The van der Waals surface area contributed by atoms with Gasteiger partial charge in [0.1, 0.15) is 5.82 Å². The van der Waals surface area contributed by atoms with E-state index in [9.17, 15) is 0 Å². The third-order valence-electron chi connectivity index (χ3n) is 3.36. The highest BCUT2D eigenvalue weighted by Gasteiger charge is 2.14. The second-order valence-electron chi connectivity index (χ2n) is 4.93. The van der Waals surface area contributed by atoms with Crippen molar-refractivity contribution in [2.24, 2.45) is 0 Å². The number of aromatic nitrogens is 2. The molecular formula is C17H17ClN2O2. The Kier molecular flexibility index (Phi) is 4.20. The second-order valence-corrected chi connectivity index (χ2v) is 5.34. The zero-order valence-electron chi connectivity index (χ0n) is 12.5. The predicted octanol–water partition coefficient (Wildman–Crippen LogP) is 4.68. The first-order chi connectivity index (χ1) is 10.7. The first kappa shape index (κ1) is 14.7. The molecule has 2 aromatic carbocycles. The Morgan fingerprint density at radius 3 is 2.73 bits per heavy atom. The van der Waals surface area contributed by atoms with Gasteiger partial charge in [0.25, 0.3) is 0 Å². The number of methoxy groups -OCH3 is 1. The number of hydrogen-bond donors (Lipinski definition) is 1. The summed E-state index contributed by atoms with van der Waals surface area (Å²) in [5.74, 6) is 2.01. The summed E-state index contributed by atoms with van der Waals surface area (Å²) in [7, 11) is 1.62. The number of halogens is 1. The Balaban J connectivity index is 2.06. The normalized spacial score (nSPS) is 10.9. The van der Waals surface area contributed by atoms with Crippen LogP contribution in [0.2, 0.25) is 5.02 Å². The second kappa shape index (κ2) is 6.28. The Morgan fingerprint density at radius 2 is 2.00 bits per heavy atom. The molecule has 0 amide bonds. The van der Waals surface area contributed by atoms with E-state index in [0.29, 0.717) is 29.0 Å². The largest absolute Gasteiger partial charge is 0.493 e. The molecule has 1 N–H and O–H groups in total. The highest BCUT2D eigenvalue weighted by molar-refractivity contribution is 6.33. The van der Waals surface area contributed by atoms with Gasteiger partial charge in [-0.2, -0.15) is 0 Å². The molecule has 1 heterocycles. The van der Waals surface area contributed by atoms with Crippen LogP contribution in [0.4, 0.5) is 0 Å². The molecule has 0 radical (unpaired) electrons. The predicted molar refractivity (Wildman–Crippen MR) is 88.9 cm³/mol. The van der Waals surface area contributed by atoms with E-state index in [2.05, 4.69) is 16.9 Å². The van der Waals surface area contributed by atoms with Crippen LogP contribution in [0.5, 0.6) is 11.5 Å². The minimum atomic E-state index is 0.575. The summed E-state index contributed by atoms with van der Waals surface area (Å²) < 4.78 is 11.1. The molecule has 0 unspecified atom stereocenters. The molecule has 0 saturated heterocycles. The average Bonchev–Trinajstić information content (AvgIpc) is 2.96. The number of para-hydroxylation sites is 2. The van der Waals surface area contributed by atoms with E-state index < -0.39 is 0 Å². The van der Waals surface area contributed by atoms with Gasteiger partial charge in [-0.25, -0.2) is 4.98 Å². The standard InChI is InChI=1S/C17H17ClN2O2/c1-3-8-22-16-10-12(18)11(9-15(16)21-2)17-19-13-6-4-5-7-14(13)20-17/h4-7,9-10H,3,8H2,1-2H3,(H,19,20). The summed E-state index contributed by atoms with van der Waals surface area (Å²) in [5.41, 5.74) is 2.66. The maximum absolute atomic E-state index is 6.40. The van der Waals surface area contributed by atoms with Crippen molar-refractivity contribution < 1.29 is 9.47 Å². The van der Waals surface area contributed by atoms with Crippen LogP contribution in [0, 0.1) is 0 Å². The fourth-order valence-electron chi connectivity index (χ4n) is 2.28. The molecule has 0 bridgehead atoms. The first-order valence-electron chi connectivity index (χ1n) is 7.18. The molecular weight excluding hydrogens is 300 g/mol. The van der Waals surface area contributed by atoms with Crippen molar-refractivity contribution in [2.45, 2.75) is 13.3 Å². The van der Waals surface area contributed by atoms with Crippen LogP contribution in [-0.2, 0) is 0 Å². The SMILES string of the molecule is CCCOc1cc(Cl)c(-c2nc3ccccc3[nH]2)cc1OC. The first-order valence-corrected chi connectivity index (χ1v) is 7.56. The molecule has 3 rings (SSSR count). The van der Waals surface area contributed by atoms with Crippen molar-refractivity contribution in [3.05, 3.63) is 41.4 Å². The van der Waals surface area contributed by atoms with E-state index in [1.807, 2.05) is 30.3 Å². The maximum atomic E-state index is 6.40. The lowest BCUT2D eigenvalue weighted by atomic mass is 10.2. The van der Waals surface area contributed by atoms with Crippen molar-refractivity contribution in [2.75, 3.05) is 13.7 Å². The molecule has 1 aromatic heterocycles. The van der Waals surface area contributed by atoms with Gasteiger partial charge in [-0.3, -0.25) is 0 Å². The van der Waals surface area contributed by atoms with Gasteiger partial charge >= 0.3 is 0 Å². The fourth-order valence-corrected chi connectivity index (χ4v) is 2.52. The molecule has 0 atom stereocenters. The number of imidazole rings is 1. The summed E-state index contributed by atoms with van der Waals surface area (Å²) >= 11 is 6.40. The van der Waals surface area contributed by atoms with E-state index in [4.69, 9.17) is 21.1 Å². The quantitative estimate of drug-likeness (QED) is 0.743. The minimum absolute atomic E-state index is 0.575. The summed E-state index contributed by atoms with van der Waals surface area (Å²) in [6, 6.07) is 11.5. The zero-order valence-corrected chi connectivity index (χ0v) is 13.3. The zero-order chi connectivity index (χ0) is 15.5.